The normalized spacial score (nSPS) is 15.9. The maximum Gasteiger partial charge on any atom is 0.265 e. The number of benzene rings is 1. The van der Waals surface area contributed by atoms with Crippen LogP contribution in [0.25, 0.3) is 10.7 Å². The Morgan fingerprint density at radius 1 is 1.21 bits per heavy atom. The van der Waals surface area contributed by atoms with E-state index < -0.39 is 0 Å². The molecule has 0 aliphatic carbocycles. The number of amides is 1. The van der Waals surface area contributed by atoms with Gasteiger partial charge in [0.05, 0.1) is 30.6 Å². The molecule has 0 spiro atoms. The lowest BCUT2D eigenvalue weighted by Crippen LogP contribution is -2.39. The number of likely N-dealkylation sites (tertiary alicyclic amines) is 1. The van der Waals surface area contributed by atoms with Crippen LogP contribution in [-0.2, 0) is 6.42 Å². The number of methoxy groups -OCH3 is 1. The zero-order chi connectivity index (χ0) is 23.5. The van der Waals surface area contributed by atoms with Crippen LogP contribution in [-0.4, -0.2) is 46.0 Å². The van der Waals surface area contributed by atoms with E-state index >= 15 is 0 Å². The topological polar surface area (TPSA) is 81.4 Å². The molecule has 1 unspecified atom stereocenters. The molecule has 34 heavy (non-hydrogen) atoms. The molecule has 0 bridgehead atoms. The summed E-state index contributed by atoms with van der Waals surface area (Å²) in [6, 6.07) is 13.6. The molecule has 7 nitrogen and oxygen atoms in total. The van der Waals surface area contributed by atoms with Crippen molar-refractivity contribution in [3.63, 3.8) is 0 Å². The first-order chi connectivity index (χ1) is 16.6. The van der Waals surface area contributed by atoms with E-state index in [4.69, 9.17) is 9.15 Å². The van der Waals surface area contributed by atoms with Crippen LogP contribution < -0.4 is 4.74 Å². The van der Waals surface area contributed by atoms with Crippen molar-refractivity contribution in [3.8, 4) is 16.5 Å². The molecule has 1 aliphatic rings. The first-order valence-corrected chi connectivity index (χ1v) is 12.2. The second-order valence-electron chi connectivity index (χ2n) is 8.43. The predicted molar refractivity (Wildman–Crippen MR) is 130 cm³/mol. The zero-order valence-electron chi connectivity index (χ0n) is 19.2. The van der Waals surface area contributed by atoms with Gasteiger partial charge in [-0.15, -0.1) is 11.3 Å². The maximum absolute atomic E-state index is 13.4. The third-order valence-corrected chi connectivity index (χ3v) is 7.21. The maximum atomic E-state index is 13.4. The monoisotopic (exact) mass is 474 g/mol. The van der Waals surface area contributed by atoms with Crippen molar-refractivity contribution in [3.05, 3.63) is 82.6 Å². The second kappa shape index (κ2) is 9.77. The van der Waals surface area contributed by atoms with E-state index in [-0.39, 0.29) is 11.8 Å². The van der Waals surface area contributed by atoms with Crippen LogP contribution in [0.2, 0.25) is 0 Å². The first kappa shape index (κ1) is 22.3. The minimum absolute atomic E-state index is 0.0203. The van der Waals surface area contributed by atoms with Gasteiger partial charge in [0.15, 0.2) is 5.89 Å². The molecule has 8 heteroatoms. The third-order valence-electron chi connectivity index (χ3n) is 6.04. The van der Waals surface area contributed by atoms with Gasteiger partial charge in [0.1, 0.15) is 21.4 Å². The highest BCUT2D eigenvalue weighted by Gasteiger charge is 2.30. The molecule has 1 fully saturated rings. The third kappa shape index (κ3) is 4.72. The van der Waals surface area contributed by atoms with Gasteiger partial charge >= 0.3 is 0 Å². The number of oxazole rings is 1. The van der Waals surface area contributed by atoms with Crippen molar-refractivity contribution in [2.45, 2.75) is 32.1 Å². The summed E-state index contributed by atoms with van der Waals surface area (Å²) < 4.78 is 11.3. The lowest BCUT2D eigenvalue weighted by Gasteiger charge is -2.31. The minimum Gasteiger partial charge on any atom is -0.497 e. The van der Waals surface area contributed by atoms with Gasteiger partial charge in [-0.2, -0.15) is 0 Å². The van der Waals surface area contributed by atoms with Gasteiger partial charge in [-0.3, -0.25) is 9.78 Å². The van der Waals surface area contributed by atoms with Crippen LogP contribution in [0.1, 0.15) is 51.3 Å². The molecule has 1 aromatic carbocycles. The van der Waals surface area contributed by atoms with E-state index in [0.717, 1.165) is 52.9 Å². The fourth-order valence-corrected chi connectivity index (χ4v) is 5.25. The van der Waals surface area contributed by atoms with E-state index in [9.17, 15) is 4.79 Å². The highest BCUT2D eigenvalue weighted by molar-refractivity contribution is 7.17. The van der Waals surface area contributed by atoms with Crippen LogP contribution >= 0.6 is 11.3 Å². The zero-order valence-corrected chi connectivity index (χ0v) is 20.0. The predicted octanol–water partition coefficient (Wildman–Crippen LogP) is 5.12. The molecule has 0 N–H and O–H groups in total. The molecule has 5 rings (SSSR count). The molecule has 3 aromatic heterocycles. The van der Waals surface area contributed by atoms with Gasteiger partial charge in [0.25, 0.3) is 5.91 Å². The van der Waals surface area contributed by atoms with Crippen molar-refractivity contribution in [1.29, 1.82) is 0 Å². The van der Waals surface area contributed by atoms with Gasteiger partial charge < -0.3 is 14.1 Å². The van der Waals surface area contributed by atoms with E-state index in [2.05, 4.69) is 15.0 Å². The average molecular weight is 475 g/mol. The number of nitrogens with zero attached hydrogens (tertiary/aromatic N) is 4. The summed E-state index contributed by atoms with van der Waals surface area (Å²) in [5, 5.41) is 0.769. The lowest BCUT2D eigenvalue weighted by molar-refractivity contribution is 0.0702. The highest BCUT2D eigenvalue weighted by atomic mass is 32.1. The summed E-state index contributed by atoms with van der Waals surface area (Å²) in [5.74, 6) is 2.47. The molecule has 0 saturated carbocycles. The smallest absolute Gasteiger partial charge is 0.265 e. The lowest BCUT2D eigenvalue weighted by atomic mass is 9.98. The van der Waals surface area contributed by atoms with Crippen molar-refractivity contribution in [1.82, 2.24) is 19.9 Å². The van der Waals surface area contributed by atoms with E-state index in [1.54, 1.807) is 19.5 Å². The molecule has 1 aliphatic heterocycles. The average Bonchev–Trinajstić information content (AvgIpc) is 3.51. The fraction of sp³-hybridized carbons (Fsp3) is 0.308. The van der Waals surface area contributed by atoms with Gasteiger partial charge in [-0.25, -0.2) is 9.97 Å². The number of pyridine rings is 1. The molecular weight excluding hydrogens is 448 g/mol. The van der Waals surface area contributed by atoms with Crippen LogP contribution in [0.3, 0.4) is 0 Å². The summed E-state index contributed by atoms with van der Waals surface area (Å²) in [4.78, 5) is 29.4. The number of rotatable bonds is 6. The van der Waals surface area contributed by atoms with Gasteiger partial charge in [0, 0.05) is 25.7 Å². The van der Waals surface area contributed by atoms with Gasteiger partial charge in [0.2, 0.25) is 0 Å². The Hall–Kier alpha value is -3.52. The second-order valence-corrected chi connectivity index (χ2v) is 9.43. The summed E-state index contributed by atoms with van der Waals surface area (Å²) in [7, 11) is 1.66. The van der Waals surface area contributed by atoms with Crippen molar-refractivity contribution in [2.75, 3.05) is 20.2 Å². The van der Waals surface area contributed by atoms with Crippen LogP contribution in [0.4, 0.5) is 0 Å². The van der Waals surface area contributed by atoms with E-state index in [0.29, 0.717) is 23.7 Å². The molecule has 1 amide bonds. The number of hydrogen-bond acceptors (Lipinski definition) is 7. The fourth-order valence-electron chi connectivity index (χ4n) is 4.24. The molecule has 4 heterocycles. The van der Waals surface area contributed by atoms with Crippen LogP contribution in [0, 0.1) is 6.92 Å². The number of aromatic nitrogens is 3. The Labute approximate surface area is 202 Å². The van der Waals surface area contributed by atoms with Crippen molar-refractivity contribution in [2.24, 2.45) is 0 Å². The van der Waals surface area contributed by atoms with Gasteiger partial charge in [-0.05, 0) is 49.6 Å². The van der Waals surface area contributed by atoms with Crippen LogP contribution in [0.15, 0.2) is 59.3 Å². The van der Waals surface area contributed by atoms with Crippen molar-refractivity contribution < 1.29 is 13.9 Å². The molecular formula is C26H26N4O3S. The molecule has 1 saturated heterocycles. The number of hydrogen-bond donors (Lipinski definition) is 0. The van der Waals surface area contributed by atoms with E-state index in [1.165, 1.54) is 11.3 Å². The SMILES string of the molecule is COc1ccc(Cc2cnc(C3CCCN(C(=O)c4sc(-c5ccccn5)nc4C)C3)o2)cc1. The number of carbonyl (C=O) groups excluding carboxylic acids is 1. The largest absolute Gasteiger partial charge is 0.497 e. The Balaban J connectivity index is 1.27. The van der Waals surface area contributed by atoms with Crippen molar-refractivity contribution >= 4 is 17.2 Å². The first-order valence-electron chi connectivity index (χ1n) is 11.4. The summed E-state index contributed by atoms with van der Waals surface area (Å²) >= 11 is 1.41. The Morgan fingerprint density at radius 3 is 2.82 bits per heavy atom. The number of carbonyl (C=O) groups is 1. The standard InChI is InChI=1S/C26H26N4O3S/c1-17-23(34-25(29-17)22-7-3-4-12-27-22)26(31)30-13-5-6-19(16-30)24-28-15-21(33-24)14-18-8-10-20(32-2)11-9-18/h3-4,7-12,15,19H,5-6,13-14,16H2,1-2H3. The number of piperidine rings is 1. The van der Waals surface area contributed by atoms with Gasteiger partial charge in [-0.1, -0.05) is 18.2 Å². The van der Waals surface area contributed by atoms with E-state index in [1.807, 2.05) is 54.3 Å². The molecule has 4 aromatic rings. The summed E-state index contributed by atoms with van der Waals surface area (Å²) in [6.45, 7) is 3.21. The number of ether oxygens (including phenoxy) is 1. The highest BCUT2D eigenvalue weighted by Crippen LogP contribution is 2.31. The molecule has 174 valence electrons. The molecule has 1 atom stereocenters. The quantitative estimate of drug-likeness (QED) is 0.386. The summed E-state index contributed by atoms with van der Waals surface area (Å²) in [5.41, 5.74) is 2.67. The Morgan fingerprint density at radius 2 is 2.06 bits per heavy atom. The Kier molecular flexibility index (Phi) is 6.40. The summed E-state index contributed by atoms with van der Waals surface area (Å²) in [6.07, 6.45) is 6.07. The Bertz CT molecular complexity index is 1270. The molecule has 0 radical (unpaired) electrons. The van der Waals surface area contributed by atoms with Crippen LogP contribution in [0.5, 0.6) is 5.75 Å². The minimum atomic E-state index is 0.0203. The number of aryl methyl sites for hydroxylation is 1. The number of thiazole rings is 1.